The third-order valence-electron chi connectivity index (χ3n) is 7.28. The number of nitrogens with two attached hydrogens (primary N) is 1. The van der Waals surface area contributed by atoms with Crippen LogP contribution in [0.4, 0.5) is 28.6 Å². The number of likely N-dealkylation sites (N-methyl/N-ethyl adjacent to an activating group) is 1. The molecule has 0 atom stereocenters. The topological polar surface area (TPSA) is 133 Å². The number of piperazine rings is 1. The number of carbonyl (C=O) groups excluding carboxylic acids is 1. The van der Waals surface area contributed by atoms with E-state index in [0.717, 1.165) is 58.0 Å². The Bertz CT molecular complexity index is 1290. The number of rotatable bonds is 13. The van der Waals surface area contributed by atoms with Crippen molar-refractivity contribution in [2.75, 3.05) is 67.9 Å². The zero-order valence-corrected chi connectivity index (χ0v) is 23.2. The van der Waals surface area contributed by atoms with Crippen LogP contribution in [0, 0.1) is 10.1 Å². The molecule has 0 radical (unpaired) electrons. The summed E-state index contributed by atoms with van der Waals surface area (Å²) in [5.41, 5.74) is 9.04. The molecule has 3 aromatic rings. The summed E-state index contributed by atoms with van der Waals surface area (Å²) in [4.78, 5) is 34.4. The maximum absolute atomic E-state index is 12.0. The quantitative estimate of drug-likeness (QED) is 0.216. The molecule has 2 aromatic carbocycles. The van der Waals surface area contributed by atoms with Gasteiger partial charge in [-0.15, -0.1) is 0 Å². The minimum atomic E-state index is -0.613. The van der Waals surface area contributed by atoms with E-state index in [4.69, 9.17) is 5.73 Å². The summed E-state index contributed by atoms with van der Waals surface area (Å²) in [6.07, 6.45) is 1.43. The maximum atomic E-state index is 12.0. The standard InChI is InChI=1S/C29H38N8O3/c1-3-34(4-2)12-13-35-14-16-36(17-15-35)24-10-8-23(9-11-24)33-28-19-27(26(21-32-28)29(30)38)31-20-22-6-5-7-25(18-22)37(39)40/h5-11,18-19,21H,3-4,12-17,20H2,1-2H3,(H2,30,38)(H2,31,32,33). The fourth-order valence-corrected chi connectivity index (χ4v) is 4.80. The summed E-state index contributed by atoms with van der Waals surface area (Å²) < 4.78 is 0. The highest BCUT2D eigenvalue weighted by Gasteiger charge is 2.18. The lowest BCUT2D eigenvalue weighted by atomic mass is 10.1. The Balaban J connectivity index is 1.35. The van der Waals surface area contributed by atoms with E-state index in [1.165, 1.54) is 24.0 Å². The normalized spacial score (nSPS) is 13.8. The van der Waals surface area contributed by atoms with Gasteiger partial charge in [0.15, 0.2) is 0 Å². The molecule has 4 N–H and O–H groups in total. The zero-order chi connectivity index (χ0) is 28.5. The van der Waals surface area contributed by atoms with Gasteiger partial charge in [-0.3, -0.25) is 19.8 Å². The van der Waals surface area contributed by atoms with Gasteiger partial charge in [0.2, 0.25) is 0 Å². The van der Waals surface area contributed by atoms with Crippen LogP contribution in [0.25, 0.3) is 0 Å². The smallest absolute Gasteiger partial charge is 0.269 e. The van der Waals surface area contributed by atoms with E-state index >= 15 is 0 Å². The highest BCUT2D eigenvalue weighted by atomic mass is 16.6. The molecule has 0 aliphatic carbocycles. The molecule has 4 rings (SSSR count). The molecule has 40 heavy (non-hydrogen) atoms. The number of aromatic nitrogens is 1. The summed E-state index contributed by atoms with van der Waals surface area (Å²) in [7, 11) is 0. The zero-order valence-electron chi connectivity index (χ0n) is 23.2. The van der Waals surface area contributed by atoms with Crippen molar-refractivity contribution in [1.29, 1.82) is 0 Å². The van der Waals surface area contributed by atoms with Crippen molar-refractivity contribution >= 4 is 34.5 Å². The monoisotopic (exact) mass is 546 g/mol. The molecule has 0 spiro atoms. The van der Waals surface area contributed by atoms with Gasteiger partial charge in [-0.1, -0.05) is 26.0 Å². The lowest BCUT2D eigenvalue weighted by molar-refractivity contribution is -0.384. The number of amides is 1. The molecular weight excluding hydrogens is 508 g/mol. The van der Waals surface area contributed by atoms with Crippen LogP contribution in [0.5, 0.6) is 0 Å². The summed E-state index contributed by atoms with van der Waals surface area (Å²) in [6, 6.07) is 16.3. The number of nitro benzene ring substituents is 1. The molecule has 1 amide bonds. The average molecular weight is 547 g/mol. The number of nitrogens with zero attached hydrogens (tertiary/aromatic N) is 5. The van der Waals surface area contributed by atoms with Gasteiger partial charge in [0.1, 0.15) is 5.82 Å². The molecule has 1 aliphatic heterocycles. The number of hydrogen-bond donors (Lipinski definition) is 3. The predicted molar refractivity (Wildman–Crippen MR) is 159 cm³/mol. The molecule has 1 saturated heterocycles. The Kier molecular flexibility index (Phi) is 9.87. The van der Waals surface area contributed by atoms with Crippen LogP contribution < -0.4 is 21.3 Å². The third-order valence-corrected chi connectivity index (χ3v) is 7.28. The molecule has 0 unspecified atom stereocenters. The van der Waals surface area contributed by atoms with Crippen LogP contribution in [0.3, 0.4) is 0 Å². The lowest BCUT2D eigenvalue weighted by Crippen LogP contribution is -2.48. The Morgan fingerprint density at radius 1 is 1.07 bits per heavy atom. The summed E-state index contributed by atoms with van der Waals surface area (Å²) >= 11 is 0. The third kappa shape index (κ3) is 7.67. The molecule has 11 nitrogen and oxygen atoms in total. The second-order valence-corrected chi connectivity index (χ2v) is 9.79. The van der Waals surface area contributed by atoms with Crippen molar-refractivity contribution < 1.29 is 9.72 Å². The van der Waals surface area contributed by atoms with E-state index in [9.17, 15) is 14.9 Å². The number of primary amides is 1. The van der Waals surface area contributed by atoms with Gasteiger partial charge < -0.3 is 26.2 Å². The van der Waals surface area contributed by atoms with E-state index in [2.05, 4.69) is 56.3 Å². The predicted octanol–water partition coefficient (Wildman–Crippen LogP) is 3.91. The number of nitrogens with one attached hydrogen (secondary N) is 2. The molecule has 212 valence electrons. The van der Waals surface area contributed by atoms with Gasteiger partial charge in [0.25, 0.3) is 11.6 Å². The second kappa shape index (κ2) is 13.7. The highest BCUT2D eigenvalue weighted by molar-refractivity contribution is 5.98. The minimum Gasteiger partial charge on any atom is -0.380 e. The van der Waals surface area contributed by atoms with Crippen molar-refractivity contribution in [1.82, 2.24) is 14.8 Å². The SMILES string of the molecule is CCN(CC)CCN1CCN(c2ccc(Nc3cc(NCc4cccc([N+](=O)[O-])c4)c(C(N)=O)cn3)cc2)CC1. The molecule has 0 bridgehead atoms. The van der Waals surface area contributed by atoms with Gasteiger partial charge in [0, 0.05) is 81.6 Å². The Morgan fingerprint density at radius 2 is 1.80 bits per heavy atom. The van der Waals surface area contributed by atoms with Gasteiger partial charge >= 0.3 is 0 Å². The molecular formula is C29H38N8O3. The number of carbonyl (C=O) groups is 1. The Morgan fingerprint density at radius 3 is 2.45 bits per heavy atom. The van der Waals surface area contributed by atoms with Crippen LogP contribution in [0.1, 0.15) is 29.8 Å². The van der Waals surface area contributed by atoms with Crippen LogP contribution in [0.15, 0.2) is 60.8 Å². The molecule has 1 fully saturated rings. The van der Waals surface area contributed by atoms with Crippen LogP contribution >= 0.6 is 0 Å². The molecule has 11 heteroatoms. The van der Waals surface area contributed by atoms with Crippen molar-refractivity contribution in [2.24, 2.45) is 5.73 Å². The number of anilines is 4. The Hall–Kier alpha value is -4.22. The van der Waals surface area contributed by atoms with Crippen LogP contribution in [0.2, 0.25) is 0 Å². The second-order valence-electron chi connectivity index (χ2n) is 9.79. The van der Waals surface area contributed by atoms with Crippen molar-refractivity contribution in [3.05, 3.63) is 82.0 Å². The molecule has 1 aliphatic rings. The Labute approximate surface area is 235 Å². The van der Waals surface area contributed by atoms with Gasteiger partial charge in [-0.25, -0.2) is 4.98 Å². The first-order valence-corrected chi connectivity index (χ1v) is 13.7. The number of non-ortho nitro benzene ring substituents is 1. The van der Waals surface area contributed by atoms with Gasteiger partial charge in [0.05, 0.1) is 16.2 Å². The molecule has 2 heterocycles. The molecule has 1 aromatic heterocycles. The van der Waals surface area contributed by atoms with Crippen LogP contribution in [-0.4, -0.2) is 78.0 Å². The summed E-state index contributed by atoms with van der Waals surface area (Å²) in [5.74, 6) is -0.0702. The average Bonchev–Trinajstić information content (AvgIpc) is 2.97. The summed E-state index contributed by atoms with van der Waals surface area (Å²) in [5, 5.41) is 17.5. The molecule has 0 saturated carbocycles. The number of hydrogen-bond acceptors (Lipinski definition) is 9. The number of nitro groups is 1. The maximum Gasteiger partial charge on any atom is 0.269 e. The largest absolute Gasteiger partial charge is 0.380 e. The van der Waals surface area contributed by atoms with Crippen molar-refractivity contribution in [3.8, 4) is 0 Å². The van der Waals surface area contributed by atoms with E-state index in [0.29, 0.717) is 17.1 Å². The first-order valence-electron chi connectivity index (χ1n) is 13.7. The summed E-state index contributed by atoms with van der Waals surface area (Å²) in [6.45, 7) is 13.3. The van der Waals surface area contributed by atoms with E-state index in [1.54, 1.807) is 18.2 Å². The first-order chi connectivity index (χ1) is 19.4. The fraction of sp³-hybridized carbons (Fsp3) is 0.379. The van der Waals surface area contributed by atoms with E-state index in [-0.39, 0.29) is 17.8 Å². The van der Waals surface area contributed by atoms with Crippen molar-refractivity contribution in [2.45, 2.75) is 20.4 Å². The number of benzene rings is 2. The van der Waals surface area contributed by atoms with E-state index in [1.807, 2.05) is 12.1 Å². The highest BCUT2D eigenvalue weighted by Crippen LogP contribution is 2.25. The fourth-order valence-electron chi connectivity index (χ4n) is 4.80. The lowest BCUT2D eigenvalue weighted by Gasteiger charge is -2.37. The number of pyridine rings is 1. The first kappa shape index (κ1) is 28.8. The minimum absolute atomic E-state index is 0.00660. The van der Waals surface area contributed by atoms with E-state index < -0.39 is 10.8 Å². The van der Waals surface area contributed by atoms with Crippen molar-refractivity contribution in [3.63, 3.8) is 0 Å². The van der Waals surface area contributed by atoms with Crippen LogP contribution in [-0.2, 0) is 6.54 Å². The van der Waals surface area contributed by atoms with Gasteiger partial charge in [-0.2, -0.15) is 0 Å². The van der Waals surface area contributed by atoms with Gasteiger partial charge in [-0.05, 0) is 42.9 Å².